The van der Waals surface area contributed by atoms with Crippen LogP contribution in [0.15, 0.2) is 17.5 Å². The SMILES string of the molecule is [N-]=[N+]=N[C@]12O[C@@H](c3cc(I)c4c(N)ncnn34)C[C@@]1(O)C2O. The Hall–Kier alpha value is -1.66. The van der Waals surface area contributed by atoms with E-state index in [-0.39, 0.29) is 6.42 Å². The minimum Gasteiger partial charge on any atom is -0.387 e. The van der Waals surface area contributed by atoms with E-state index in [9.17, 15) is 10.2 Å². The van der Waals surface area contributed by atoms with Gasteiger partial charge in [-0.1, -0.05) is 5.11 Å². The van der Waals surface area contributed by atoms with Crippen molar-refractivity contribution in [2.45, 2.75) is 30.0 Å². The van der Waals surface area contributed by atoms with Crippen LogP contribution in [0.2, 0.25) is 0 Å². The van der Waals surface area contributed by atoms with Crippen LogP contribution in [0.25, 0.3) is 16.0 Å². The molecule has 3 heterocycles. The highest BCUT2D eigenvalue weighted by molar-refractivity contribution is 14.1. The van der Waals surface area contributed by atoms with E-state index in [1.54, 1.807) is 4.52 Å². The molecule has 1 aliphatic carbocycles. The highest BCUT2D eigenvalue weighted by Gasteiger charge is 2.83. The standard InChI is InChI=1S/C11H10IN7O3/c12-4-1-5(19-7(4)8(13)15-3-16-19)6-2-10(21)9(20)11(10,22-6)17-18-14/h1,3,6,9,20-21H,2H2,(H2,13,15,16)/t6-,9?,10-,11-/m1/s1. The zero-order chi connectivity index (χ0) is 15.7. The Balaban J connectivity index is 1.80. The molecule has 4 atom stereocenters. The van der Waals surface area contributed by atoms with Gasteiger partial charge in [-0.05, 0) is 34.2 Å². The summed E-state index contributed by atoms with van der Waals surface area (Å²) < 4.78 is 8.10. The number of hydrogen-bond acceptors (Lipinski definition) is 7. The average Bonchev–Trinajstić information content (AvgIpc) is 2.82. The molecule has 1 saturated carbocycles. The third-order valence-electron chi connectivity index (χ3n) is 4.27. The maximum atomic E-state index is 10.4. The molecule has 22 heavy (non-hydrogen) atoms. The van der Waals surface area contributed by atoms with Gasteiger partial charge in [0.25, 0.3) is 0 Å². The Morgan fingerprint density at radius 1 is 1.64 bits per heavy atom. The van der Waals surface area contributed by atoms with Gasteiger partial charge >= 0.3 is 0 Å². The van der Waals surface area contributed by atoms with Crippen LogP contribution in [0, 0.1) is 3.57 Å². The van der Waals surface area contributed by atoms with Crippen molar-refractivity contribution in [3.63, 3.8) is 0 Å². The van der Waals surface area contributed by atoms with Gasteiger partial charge in [-0.25, -0.2) is 9.50 Å². The topological polar surface area (TPSA) is 155 Å². The predicted octanol–water partition coefficient (Wildman–Crippen LogP) is 0.490. The fourth-order valence-electron chi connectivity index (χ4n) is 3.09. The summed E-state index contributed by atoms with van der Waals surface area (Å²) in [5.74, 6) is 0.331. The predicted molar refractivity (Wildman–Crippen MR) is 81.4 cm³/mol. The van der Waals surface area contributed by atoms with Crippen LogP contribution >= 0.6 is 22.6 Å². The molecule has 2 fully saturated rings. The van der Waals surface area contributed by atoms with Gasteiger partial charge in [0.05, 0.1) is 5.69 Å². The lowest BCUT2D eigenvalue weighted by Gasteiger charge is -2.16. The minimum atomic E-state index is -1.62. The van der Waals surface area contributed by atoms with E-state index in [0.29, 0.717) is 17.0 Å². The van der Waals surface area contributed by atoms with Crippen molar-refractivity contribution in [3.05, 3.63) is 32.1 Å². The lowest BCUT2D eigenvalue weighted by Crippen LogP contribution is -2.18. The summed E-state index contributed by atoms with van der Waals surface area (Å²) in [7, 11) is 0. The van der Waals surface area contributed by atoms with Gasteiger partial charge < -0.3 is 20.7 Å². The quantitative estimate of drug-likeness (QED) is 0.281. The van der Waals surface area contributed by atoms with Gasteiger partial charge in [0.2, 0.25) is 5.72 Å². The number of aliphatic hydroxyl groups excluding tert-OH is 1. The smallest absolute Gasteiger partial charge is 0.207 e. The molecule has 0 radical (unpaired) electrons. The summed E-state index contributed by atoms with van der Waals surface area (Å²) >= 11 is 2.11. The molecule has 2 aromatic rings. The number of halogens is 1. The second kappa shape index (κ2) is 4.20. The summed E-state index contributed by atoms with van der Waals surface area (Å²) in [5, 5.41) is 27.8. The first-order valence-electron chi connectivity index (χ1n) is 6.37. The monoisotopic (exact) mass is 415 g/mol. The van der Waals surface area contributed by atoms with Crippen molar-refractivity contribution in [2.24, 2.45) is 5.11 Å². The van der Waals surface area contributed by atoms with Crippen molar-refractivity contribution in [1.82, 2.24) is 14.6 Å². The number of fused-ring (bicyclic) bond motifs is 2. The number of aliphatic hydroxyl groups is 2. The van der Waals surface area contributed by atoms with Crippen LogP contribution in [0.3, 0.4) is 0 Å². The first kappa shape index (κ1) is 14.0. The number of hydrogen-bond donors (Lipinski definition) is 3. The molecule has 2 aliphatic rings. The van der Waals surface area contributed by atoms with Crippen LogP contribution in [0.5, 0.6) is 0 Å². The number of ether oxygens (including phenoxy) is 1. The molecule has 0 amide bonds. The lowest BCUT2D eigenvalue weighted by molar-refractivity contribution is -0.0322. The van der Waals surface area contributed by atoms with E-state index in [4.69, 9.17) is 16.0 Å². The maximum absolute atomic E-state index is 10.4. The molecule has 1 unspecified atom stereocenters. The molecule has 11 heteroatoms. The summed E-state index contributed by atoms with van der Waals surface area (Å²) in [6.45, 7) is 0. The van der Waals surface area contributed by atoms with Crippen molar-refractivity contribution in [2.75, 3.05) is 5.73 Å². The Morgan fingerprint density at radius 2 is 2.41 bits per heavy atom. The van der Waals surface area contributed by atoms with Gasteiger partial charge in [-0.3, -0.25) is 0 Å². The molecule has 4 N–H and O–H groups in total. The van der Waals surface area contributed by atoms with Crippen molar-refractivity contribution in [1.29, 1.82) is 0 Å². The number of anilines is 1. The molecule has 10 nitrogen and oxygen atoms in total. The Bertz CT molecular complexity index is 850. The highest BCUT2D eigenvalue weighted by Crippen LogP contribution is 2.64. The van der Waals surface area contributed by atoms with E-state index in [2.05, 4.69) is 42.7 Å². The first-order valence-corrected chi connectivity index (χ1v) is 7.44. The second-order valence-electron chi connectivity index (χ2n) is 5.35. The Morgan fingerprint density at radius 3 is 3.14 bits per heavy atom. The van der Waals surface area contributed by atoms with Crippen LogP contribution in [0.4, 0.5) is 5.82 Å². The Labute approximate surface area is 136 Å². The molecular weight excluding hydrogens is 405 g/mol. The molecule has 0 aromatic carbocycles. The highest BCUT2D eigenvalue weighted by atomic mass is 127. The largest absolute Gasteiger partial charge is 0.387 e. The molecule has 1 saturated heterocycles. The minimum absolute atomic E-state index is 0.0965. The number of nitrogens with zero attached hydrogens (tertiary/aromatic N) is 6. The zero-order valence-electron chi connectivity index (χ0n) is 11.0. The first-order chi connectivity index (χ1) is 10.4. The molecule has 0 bridgehead atoms. The molecular formula is C11H10IN7O3. The van der Waals surface area contributed by atoms with E-state index in [1.165, 1.54) is 6.33 Å². The summed E-state index contributed by atoms with van der Waals surface area (Å²) in [6, 6.07) is 1.82. The number of nitrogens with two attached hydrogens (primary N) is 1. The van der Waals surface area contributed by atoms with Gasteiger partial charge in [0.15, 0.2) is 5.82 Å². The van der Waals surface area contributed by atoms with Gasteiger partial charge in [0.1, 0.15) is 29.7 Å². The molecule has 2 aromatic heterocycles. The Kier molecular flexibility index (Phi) is 2.67. The number of aromatic nitrogens is 3. The van der Waals surface area contributed by atoms with Crippen LogP contribution in [-0.4, -0.2) is 42.2 Å². The van der Waals surface area contributed by atoms with Gasteiger partial charge in [-0.15, -0.1) is 0 Å². The van der Waals surface area contributed by atoms with Crippen LogP contribution in [0.1, 0.15) is 18.2 Å². The molecule has 1 aliphatic heterocycles. The van der Waals surface area contributed by atoms with Crippen molar-refractivity contribution >= 4 is 33.9 Å². The maximum Gasteiger partial charge on any atom is 0.207 e. The van der Waals surface area contributed by atoms with Crippen LogP contribution < -0.4 is 5.73 Å². The number of nitrogen functional groups attached to an aromatic ring is 1. The summed E-state index contributed by atoms with van der Waals surface area (Å²) in [4.78, 5) is 6.61. The third-order valence-corrected chi connectivity index (χ3v) is 5.09. The molecule has 114 valence electrons. The normalized spacial score (nSPS) is 36.1. The van der Waals surface area contributed by atoms with E-state index >= 15 is 0 Å². The average molecular weight is 415 g/mol. The van der Waals surface area contributed by atoms with E-state index in [1.807, 2.05) is 6.07 Å². The summed E-state index contributed by atoms with van der Waals surface area (Å²) in [6.07, 6.45) is -0.384. The number of rotatable bonds is 2. The fraction of sp³-hybridized carbons (Fsp3) is 0.455. The van der Waals surface area contributed by atoms with Crippen molar-refractivity contribution < 1.29 is 14.9 Å². The second-order valence-corrected chi connectivity index (χ2v) is 6.51. The third kappa shape index (κ3) is 1.47. The molecule has 4 rings (SSSR count). The van der Waals surface area contributed by atoms with E-state index < -0.39 is 23.5 Å². The number of azide groups is 1. The van der Waals surface area contributed by atoms with E-state index in [0.717, 1.165) is 3.57 Å². The molecule has 0 spiro atoms. The van der Waals surface area contributed by atoms with Crippen LogP contribution in [-0.2, 0) is 4.74 Å². The van der Waals surface area contributed by atoms with Gasteiger partial charge in [-0.2, -0.15) is 5.10 Å². The fourth-order valence-corrected chi connectivity index (χ4v) is 3.92. The zero-order valence-corrected chi connectivity index (χ0v) is 13.1. The summed E-state index contributed by atoms with van der Waals surface area (Å²) in [5.41, 5.74) is 12.6. The lowest BCUT2D eigenvalue weighted by atomic mass is 10.1. The van der Waals surface area contributed by atoms with Gasteiger partial charge in [0, 0.05) is 14.9 Å². The van der Waals surface area contributed by atoms with Crippen molar-refractivity contribution in [3.8, 4) is 0 Å².